The van der Waals surface area contributed by atoms with Gasteiger partial charge in [0.25, 0.3) is 0 Å². The molecule has 0 aliphatic carbocycles. The Labute approximate surface area is 169 Å². The summed E-state index contributed by atoms with van der Waals surface area (Å²) in [6.45, 7) is 0. The number of hydrogen-bond acceptors (Lipinski definition) is 3. The van der Waals surface area contributed by atoms with Crippen molar-refractivity contribution in [1.29, 1.82) is 0 Å². The number of alkyl halides is 4. The maximum absolute atomic E-state index is 13.3. The van der Waals surface area contributed by atoms with E-state index in [0.29, 0.717) is 0 Å². The molecular formula is C23H14F4O3. The van der Waals surface area contributed by atoms with Gasteiger partial charge >= 0.3 is 12.2 Å². The van der Waals surface area contributed by atoms with Gasteiger partial charge in [-0.15, -0.1) is 0 Å². The first-order valence-corrected chi connectivity index (χ1v) is 8.91. The van der Waals surface area contributed by atoms with Crippen molar-refractivity contribution in [3.05, 3.63) is 90.0 Å². The Morgan fingerprint density at radius 3 is 2.00 bits per heavy atom. The van der Waals surface area contributed by atoms with Gasteiger partial charge in [-0.1, -0.05) is 60.7 Å². The van der Waals surface area contributed by atoms with Crippen molar-refractivity contribution in [1.82, 2.24) is 0 Å². The Hall–Kier alpha value is -3.61. The predicted octanol–water partition coefficient (Wildman–Crippen LogP) is 6.21. The van der Waals surface area contributed by atoms with Gasteiger partial charge in [-0.05, 0) is 41.0 Å². The highest BCUT2D eigenvalue weighted by atomic mass is 19.3. The second kappa shape index (κ2) is 7.33. The summed E-state index contributed by atoms with van der Waals surface area (Å²) in [4.78, 5) is 12.4. The third-order valence-corrected chi connectivity index (χ3v) is 4.49. The molecule has 152 valence electrons. The van der Waals surface area contributed by atoms with E-state index in [-0.39, 0.29) is 5.56 Å². The van der Waals surface area contributed by atoms with Crippen molar-refractivity contribution < 1.29 is 31.8 Å². The highest BCUT2D eigenvalue weighted by Crippen LogP contribution is 2.47. The molecule has 3 aromatic carbocycles. The first-order chi connectivity index (χ1) is 14.2. The monoisotopic (exact) mass is 414 g/mol. The lowest BCUT2D eigenvalue weighted by Gasteiger charge is -2.31. The van der Waals surface area contributed by atoms with E-state index in [9.17, 15) is 22.4 Å². The fraction of sp³-hybridized carbons (Fsp3) is 0.0870. The van der Waals surface area contributed by atoms with Gasteiger partial charge in [-0.3, -0.25) is 4.79 Å². The number of carbonyl (C=O) groups is 1. The smallest absolute Gasteiger partial charge is 0.421 e. The van der Waals surface area contributed by atoms with E-state index >= 15 is 0 Å². The van der Waals surface area contributed by atoms with Gasteiger partial charge in [0.1, 0.15) is 0 Å². The maximum atomic E-state index is 13.3. The Morgan fingerprint density at radius 2 is 1.33 bits per heavy atom. The number of fused-ring (bicyclic) bond motifs is 1. The lowest BCUT2D eigenvalue weighted by atomic mass is 10.0. The van der Waals surface area contributed by atoms with Crippen LogP contribution in [-0.2, 0) is 0 Å². The van der Waals surface area contributed by atoms with Gasteiger partial charge < -0.3 is 9.47 Å². The third-order valence-electron chi connectivity index (χ3n) is 4.49. The van der Waals surface area contributed by atoms with Crippen LogP contribution in [0.2, 0.25) is 0 Å². The zero-order chi connectivity index (χ0) is 21.4. The van der Waals surface area contributed by atoms with Crippen LogP contribution in [0, 0.1) is 0 Å². The second-order valence-corrected chi connectivity index (χ2v) is 6.58. The van der Waals surface area contributed by atoms with Crippen LogP contribution < -0.4 is 9.47 Å². The minimum absolute atomic E-state index is 0.00415. The van der Waals surface area contributed by atoms with E-state index in [1.807, 2.05) is 54.6 Å². The minimum Gasteiger partial charge on any atom is -0.421 e. The average Bonchev–Trinajstić information content (AvgIpc) is 2.73. The van der Waals surface area contributed by atoms with Gasteiger partial charge in [-0.2, -0.15) is 17.6 Å². The number of ketones is 1. The van der Waals surface area contributed by atoms with Crippen LogP contribution in [0.3, 0.4) is 0 Å². The number of benzene rings is 3. The number of hydrogen-bond donors (Lipinski definition) is 0. The third kappa shape index (κ3) is 3.78. The lowest BCUT2D eigenvalue weighted by molar-refractivity contribution is -0.391. The van der Waals surface area contributed by atoms with Crippen molar-refractivity contribution in [2.24, 2.45) is 0 Å². The summed E-state index contributed by atoms with van der Waals surface area (Å²) in [5, 5.41) is 0. The summed E-state index contributed by atoms with van der Waals surface area (Å²) >= 11 is 0. The average molecular weight is 414 g/mol. The van der Waals surface area contributed by atoms with Crippen molar-refractivity contribution >= 4 is 11.9 Å². The van der Waals surface area contributed by atoms with Crippen LogP contribution in [0.15, 0.2) is 78.9 Å². The molecule has 0 aromatic heterocycles. The summed E-state index contributed by atoms with van der Waals surface area (Å²) < 4.78 is 61.1. The molecule has 0 bridgehead atoms. The van der Waals surface area contributed by atoms with Crippen molar-refractivity contribution in [3.8, 4) is 22.6 Å². The lowest BCUT2D eigenvalue weighted by Crippen LogP contribution is -2.52. The van der Waals surface area contributed by atoms with Crippen LogP contribution in [0.25, 0.3) is 17.2 Å². The zero-order valence-electron chi connectivity index (χ0n) is 15.3. The molecule has 1 aliphatic heterocycles. The molecule has 0 unspecified atom stereocenters. The van der Waals surface area contributed by atoms with Gasteiger partial charge in [-0.25, -0.2) is 0 Å². The number of halogens is 4. The number of ether oxygens (including phenoxy) is 2. The molecular weight excluding hydrogens is 400 g/mol. The van der Waals surface area contributed by atoms with Gasteiger partial charge in [0.15, 0.2) is 17.3 Å². The first kappa shape index (κ1) is 19.7. The highest BCUT2D eigenvalue weighted by Gasteiger charge is 2.65. The van der Waals surface area contributed by atoms with Crippen LogP contribution in [-0.4, -0.2) is 18.0 Å². The van der Waals surface area contributed by atoms with Gasteiger partial charge in [0.2, 0.25) is 0 Å². The summed E-state index contributed by atoms with van der Waals surface area (Å²) in [5.41, 5.74) is 2.83. The zero-order valence-corrected chi connectivity index (χ0v) is 15.3. The van der Waals surface area contributed by atoms with Crippen molar-refractivity contribution in [3.63, 3.8) is 0 Å². The van der Waals surface area contributed by atoms with Gasteiger partial charge in [0.05, 0.1) is 0 Å². The van der Waals surface area contributed by atoms with E-state index in [1.165, 1.54) is 12.1 Å². The molecule has 0 radical (unpaired) electrons. The Kier molecular flexibility index (Phi) is 4.81. The van der Waals surface area contributed by atoms with Crippen molar-refractivity contribution in [2.45, 2.75) is 12.2 Å². The Balaban J connectivity index is 1.50. The Morgan fingerprint density at radius 1 is 0.733 bits per heavy atom. The molecule has 30 heavy (non-hydrogen) atoms. The van der Waals surface area contributed by atoms with E-state index in [1.54, 1.807) is 6.08 Å². The van der Waals surface area contributed by atoms with Crippen LogP contribution in [0.5, 0.6) is 11.5 Å². The minimum atomic E-state index is -4.84. The maximum Gasteiger partial charge on any atom is 0.507 e. The van der Waals surface area contributed by atoms with Crippen LogP contribution in [0.1, 0.15) is 15.9 Å². The normalized spacial score (nSPS) is 16.4. The number of carbonyl (C=O) groups excluding carboxylic acids is 1. The molecule has 1 heterocycles. The fourth-order valence-corrected chi connectivity index (χ4v) is 2.91. The molecule has 0 fully saturated rings. The molecule has 1 aliphatic rings. The molecule has 7 heteroatoms. The van der Waals surface area contributed by atoms with E-state index < -0.39 is 29.5 Å². The molecule has 0 N–H and O–H groups in total. The van der Waals surface area contributed by atoms with E-state index in [0.717, 1.165) is 28.8 Å². The summed E-state index contributed by atoms with van der Waals surface area (Å²) in [6.07, 6.45) is -6.80. The second-order valence-electron chi connectivity index (χ2n) is 6.58. The number of allylic oxidation sites excluding steroid dienone is 1. The topological polar surface area (TPSA) is 35.5 Å². The molecule has 3 aromatic rings. The predicted molar refractivity (Wildman–Crippen MR) is 103 cm³/mol. The standard InChI is InChI=1S/C23H14F4O3/c24-22(25)23(26,27)30-21-14-18(11-13-20(21)29-22)19(28)12-8-15-6-9-17(10-7-15)16-4-2-1-3-5-16/h1-14H. The number of rotatable bonds is 4. The molecule has 4 rings (SSSR count). The summed E-state index contributed by atoms with van der Waals surface area (Å²) in [7, 11) is 0. The van der Waals surface area contributed by atoms with Crippen LogP contribution >= 0.6 is 0 Å². The molecule has 0 atom stereocenters. The Bertz CT molecular complexity index is 1110. The molecule has 0 amide bonds. The summed E-state index contributed by atoms with van der Waals surface area (Å²) in [5.74, 6) is -1.70. The van der Waals surface area contributed by atoms with Crippen molar-refractivity contribution in [2.75, 3.05) is 0 Å². The summed E-state index contributed by atoms with van der Waals surface area (Å²) in [6, 6.07) is 20.4. The van der Waals surface area contributed by atoms with E-state index in [2.05, 4.69) is 9.47 Å². The molecule has 0 saturated heterocycles. The van der Waals surface area contributed by atoms with Crippen LogP contribution in [0.4, 0.5) is 17.6 Å². The molecule has 3 nitrogen and oxygen atoms in total. The quantitative estimate of drug-likeness (QED) is 0.289. The largest absolute Gasteiger partial charge is 0.507 e. The molecule has 0 spiro atoms. The van der Waals surface area contributed by atoms with E-state index in [4.69, 9.17) is 0 Å². The fourth-order valence-electron chi connectivity index (χ4n) is 2.91. The first-order valence-electron chi connectivity index (χ1n) is 8.91. The molecule has 0 saturated carbocycles. The van der Waals surface area contributed by atoms with Gasteiger partial charge in [0, 0.05) is 5.56 Å². The SMILES string of the molecule is O=C(C=Cc1ccc(-c2ccccc2)cc1)c1ccc2c(c1)OC(F)(F)C(F)(F)O2. The highest BCUT2D eigenvalue weighted by molar-refractivity contribution is 6.07.